The first-order valence-electron chi connectivity index (χ1n) is 6.29. The molecule has 0 amide bonds. The van der Waals surface area contributed by atoms with Crippen LogP contribution >= 0.6 is 23.2 Å². The molecule has 0 aliphatic rings. The highest BCUT2D eigenvalue weighted by Crippen LogP contribution is 2.24. The van der Waals surface area contributed by atoms with Gasteiger partial charge in [-0.3, -0.25) is 0 Å². The van der Waals surface area contributed by atoms with Gasteiger partial charge in [-0.15, -0.1) is 0 Å². The molecule has 100 valence electrons. The maximum absolute atomic E-state index is 6.18. The minimum absolute atomic E-state index is 0.474. The van der Waals surface area contributed by atoms with Crippen LogP contribution in [-0.2, 0) is 0 Å². The van der Waals surface area contributed by atoms with E-state index < -0.39 is 0 Å². The van der Waals surface area contributed by atoms with Crippen molar-refractivity contribution in [1.82, 2.24) is 5.32 Å². The van der Waals surface area contributed by atoms with Gasteiger partial charge in [0.25, 0.3) is 0 Å². The lowest BCUT2D eigenvalue weighted by Gasteiger charge is -2.15. The fourth-order valence-electron chi connectivity index (χ4n) is 1.57. The van der Waals surface area contributed by atoms with Gasteiger partial charge in [-0.25, -0.2) is 0 Å². The molecule has 0 aromatic heterocycles. The Balaban J connectivity index is 2.96. The monoisotopic (exact) mass is 285 g/mol. The first-order chi connectivity index (χ1) is 8.40. The van der Waals surface area contributed by atoms with Crippen molar-refractivity contribution in [2.45, 2.75) is 33.7 Å². The maximum Gasteiger partial charge on any atom is 0.0479 e. The molecule has 1 N–H and O–H groups in total. The van der Waals surface area contributed by atoms with Crippen LogP contribution in [0.5, 0.6) is 0 Å². The lowest BCUT2D eigenvalue weighted by atomic mass is 10.00. The zero-order valence-electron chi connectivity index (χ0n) is 11.4. The van der Waals surface area contributed by atoms with Crippen molar-refractivity contribution >= 4 is 29.3 Å². The van der Waals surface area contributed by atoms with E-state index in [1.165, 1.54) is 5.57 Å². The summed E-state index contributed by atoms with van der Waals surface area (Å²) in [6.45, 7) is 9.53. The van der Waals surface area contributed by atoms with Crippen LogP contribution in [0.2, 0.25) is 10.0 Å². The van der Waals surface area contributed by atoms with Gasteiger partial charge in [-0.1, -0.05) is 62.5 Å². The Morgan fingerprint density at radius 1 is 1.22 bits per heavy atom. The van der Waals surface area contributed by atoms with Crippen LogP contribution in [-0.4, -0.2) is 12.6 Å². The molecule has 3 heteroatoms. The van der Waals surface area contributed by atoms with Crippen LogP contribution in [0, 0.1) is 5.92 Å². The molecule has 0 bridgehead atoms. The van der Waals surface area contributed by atoms with E-state index in [0.29, 0.717) is 17.0 Å². The summed E-state index contributed by atoms with van der Waals surface area (Å²) in [6.07, 6.45) is 2.13. The zero-order valence-corrected chi connectivity index (χ0v) is 12.9. The topological polar surface area (TPSA) is 12.0 Å². The summed E-state index contributed by atoms with van der Waals surface area (Å²) in [4.78, 5) is 0. The van der Waals surface area contributed by atoms with Crippen LogP contribution in [0.15, 0.2) is 23.8 Å². The normalized spacial score (nSPS) is 12.6. The molecule has 0 aliphatic carbocycles. The van der Waals surface area contributed by atoms with Gasteiger partial charge in [0, 0.05) is 22.6 Å². The van der Waals surface area contributed by atoms with Crippen LogP contribution in [0.1, 0.15) is 33.3 Å². The third-order valence-corrected chi connectivity index (χ3v) is 3.33. The summed E-state index contributed by atoms with van der Waals surface area (Å²) < 4.78 is 0. The van der Waals surface area contributed by atoms with Gasteiger partial charge in [0.1, 0.15) is 0 Å². The summed E-state index contributed by atoms with van der Waals surface area (Å²) in [5.74, 6) is 0.478. The number of rotatable bonds is 5. The van der Waals surface area contributed by atoms with Gasteiger partial charge in [-0.2, -0.15) is 0 Å². The van der Waals surface area contributed by atoms with Crippen LogP contribution < -0.4 is 5.32 Å². The van der Waals surface area contributed by atoms with Gasteiger partial charge in [0.2, 0.25) is 0 Å². The molecule has 0 fully saturated rings. The fraction of sp³-hybridized carbons (Fsp3) is 0.467. The largest absolute Gasteiger partial charge is 0.311 e. The number of halogens is 2. The highest BCUT2D eigenvalue weighted by Gasteiger charge is 2.06. The summed E-state index contributed by atoms with van der Waals surface area (Å²) in [5, 5.41) is 4.89. The molecule has 1 aromatic carbocycles. The number of hydrogen-bond donors (Lipinski definition) is 1. The Bertz CT molecular complexity index is 423. The van der Waals surface area contributed by atoms with Gasteiger partial charge >= 0.3 is 0 Å². The Labute approximate surface area is 120 Å². The zero-order chi connectivity index (χ0) is 13.7. The van der Waals surface area contributed by atoms with E-state index in [-0.39, 0.29) is 0 Å². The Morgan fingerprint density at radius 3 is 2.44 bits per heavy atom. The molecule has 0 saturated carbocycles. The molecule has 0 atom stereocenters. The van der Waals surface area contributed by atoms with Crippen molar-refractivity contribution < 1.29 is 0 Å². The molecule has 0 aliphatic heterocycles. The van der Waals surface area contributed by atoms with E-state index in [9.17, 15) is 0 Å². The molecule has 0 spiro atoms. The molecule has 1 rings (SSSR count). The second kappa shape index (κ2) is 7.18. The molecule has 0 saturated heterocycles. The van der Waals surface area contributed by atoms with Crippen LogP contribution in [0.3, 0.4) is 0 Å². The maximum atomic E-state index is 6.18. The minimum Gasteiger partial charge on any atom is -0.311 e. The van der Waals surface area contributed by atoms with Crippen molar-refractivity contribution in [3.8, 4) is 0 Å². The van der Waals surface area contributed by atoms with Gasteiger partial charge in [-0.05, 0) is 29.7 Å². The summed E-state index contributed by atoms with van der Waals surface area (Å²) in [6, 6.07) is 6.02. The molecule has 0 heterocycles. The molecular formula is C15H21Cl2N. The highest BCUT2D eigenvalue weighted by atomic mass is 35.5. The fourth-order valence-corrected chi connectivity index (χ4v) is 1.92. The molecule has 18 heavy (non-hydrogen) atoms. The summed E-state index contributed by atoms with van der Waals surface area (Å²) >= 11 is 12.2. The minimum atomic E-state index is 0.474. The molecule has 1 aromatic rings. The summed E-state index contributed by atoms with van der Waals surface area (Å²) in [5.41, 5.74) is 2.31. The molecule has 0 radical (unpaired) electrons. The summed E-state index contributed by atoms with van der Waals surface area (Å²) in [7, 11) is 0. The second-order valence-electron chi connectivity index (χ2n) is 5.08. The van der Waals surface area contributed by atoms with Crippen molar-refractivity contribution in [1.29, 1.82) is 0 Å². The quantitative estimate of drug-likeness (QED) is 0.800. The Hall–Kier alpha value is -0.500. The average Bonchev–Trinajstić information content (AvgIpc) is 2.28. The van der Waals surface area contributed by atoms with Gasteiger partial charge < -0.3 is 5.32 Å². The van der Waals surface area contributed by atoms with E-state index in [1.54, 1.807) is 0 Å². The van der Waals surface area contributed by atoms with Gasteiger partial charge in [0.15, 0.2) is 0 Å². The van der Waals surface area contributed by atoms with E-state index in [0.717, 1.165) is 17.1 Å². The van der Waals surface area contributed by atoms with Crippen molar-refractivity contribution in [2.24, 2.45) is 5.92 Å². The van der Waals surface area contributed by atoms with Crippen LogP contribution in [0.4, 0.5) is 0 Å². The first kappa shape index (κ1) is 15.6. The highest BCUT2D eigenvalue weighted by molar-refractivity contribution is 6.34. The van der Waals surface area contributed by atoms with Crippen LogP contribution in [0.25, 0.3) is 6.08 Å². The smallest absolute Gasteiger partial charge is 0.0479 e. The molecule has 1 nitrogen and oxygen atoms in total. The third-order valence-electron chi connectivity index (χ3n) is 2.75. The Kier molecular flexibility index (Phi) is 6.20. The first-order valence-corrected chi connectivity index (χ1v) is 7.04. The van der Waals surface area contributed by atoms with E-state index in [2.05, 4.69) is 39.1 Å². The predicted molar refractivity (Wildman–Crippen MR) is 82.4 cm³/mol. The lowest BCUT2D eigenvalue weighted by molar-refractivity contribution is 0.593. The van der Waals surface area contributed by atoms with Crippen molar-refractivity contribution in [3.05, 3.63) is 39.4 Å². The third kappa shape index (κ3) is 5.01. The molecular weight excluding hydrogens is 265 g/mol. The van der Waals surface area contributed by atoms with Gasteiger partial charge in [0.05, 0.1) is 0 Å². The number of hydrogen-bond acceptors (Lipinski definition) is 1. The van der Waals surface area contributed by atoms with E-state index in [4.69, 9.17) is 23.2 Å². The molecule has 0 unspecified atom stereocenters. The Morgan fingerprint density at radius 2 is 1.89 bits per heavy atom. The standard InChI is InChI=1S/C15H21Cl2N/c1-10(2)13(9-18-11(3)4)7-12-8-14(16)5-6-15(12)17/h5-8,10-11,18H,9H2,1-4H3/b13-7-. The lowest BCUT2D eigenvalue weighted by Crippen LogP contribution is -2.26. The van der Waals surface area contributed by atoms with Crippen molar-refractivity contribution in [3.63, 3.8) is 0 Å². The van der Waals surface area contributed by atoms with E-state index in [1.807, 2.05) is 18.2 Å². The predicted octanol–water partition coefficient (Wildman–Crippen LogP) is 5.03. The number of nitrogens with one attached hydrogen (secondary N) is 1. The van der Waals surface area contributed by atoms with E-state index >= 15 is 0 Å². The number of benzene rings is 1. The average molecular weight is 286 g/mol. The second-order valence-corrected chi connectivity index (χ2v) is 5.92. The van der Waals surface area contributed by atoms with Crippen molar-refractivity contribution in [2.75, 3.05) is 6.54 Å². The SMILES string of the molecule is CC(C)NC/C(=C/c1cc(Cl)ccc1Cl)C(C)C.